The summed E-state index contributed by atoms with van der Waals surface area (Å²) in [5.74, 6) is -1.01. The van der Waals surface area contributed by atoms with E-state index in [2.05, 4.69) is 14.8 Å². The number of aromatic nitrogens is 2. The molecule has 7 nitrogen and oxygen atoms in total. The molecule has 1 N–H and O–H groups in total. The molecule has 9 heteroatoms. The summed E-state index contributed by atoms with van der Waals surface area (Å²) in [6.07, 6.45) is 4.70. The first-order chi connectivity index (χ1) is 16.5. The minimum absolute atomic E-state index is 0.202. The van der Waals surface area contributed by atoms with Gasteiger partial charge in [-0.15, -0.1) is 0 Å². The molecule has 0 unspecified atom stereocenters. The number of piperidine rings is 1. The second-order valence-electron chi connectivity index (χ2n) is 9.14. The second kappa shape index (κ2) is 9.58. The number of rotatable bonds is 8. The van der Waals surface area contributed by atoms with Crippen LogP contribution < -0.4 is 16.3 Å². The lowest BCUT2D eigenvalue weighted by Gasteiger charge is -2.39. The number of benzene rings is 2. The molecule has 0 saturated carbocycles. The van der Waals surface area contributed by atoms with Crippen LogP contribution in [0.25, 0.3) is 0 Å². The highest BCUT2D eigenvalue weighted by atomic mass is 19.1. The van der Waals surface area contributed by atoms with Crippen molar-refractivity contribution in [1.29, 1.82) is 0 Å². The van der Waals surface area contributed by atoms with Gasteiger partial charge in [-0.2, -0.15) is 4.74 Å². The van der Waals surface area contributed by atoms with Gasteiger partial charge in [0.25, 0.3) is 0 Å². The molecule has 0 bridgehead atoms. The van der Waals surface area contributed by atoms with Gasteiger partial charge in [0.05, 0.1) is 6.54 Å². The van der Waals surface area contributed by atoms with Crippen molar-refractivity contribution in [3.05, 3.63) is 80.7 Å². The van der Waals surface area contributed by atoms with E-state index in [1.165, 1.54) is 18.2 Å². The van der Waals surface area contributed by atoms with Gasteiger partial charge < -0.3 is 14.3 Å². The average Bonchev–Trinajstić information content (AvgIpc) is 3.31. The van der Waals surface area contributed by atoms with Gasteiger partial charge in [0, 0.05) is 36.4 Å². The number of nitrogens with zero attached hydrogens (tertiary/aromatic N) is 3. The van der Waals surface area contributed by atoms with E-state index < -0.39 is 11.4 Å². The fourth-order valence-electron chi connectivity index (χ4n) is 5.38. The number of anilines is 2. The molecule has 2 aliphatic rings. The monoisotopic (exact) mass is 470 g/mol. The maximum absolute atomic E-state index is 14.1. The molecule has 1 saturated heterocycles. The van der Waals surface area contributed by atoms with Crippen LogP contribution in [-0.4, -0.2) is 40.3 Å². The zero-order valence-electron chi connectivity index (χ0n) is 18.9. The largest absolute Gasteiger partial charge is 0.440 e. The van der Waals surface area contributed by atoms with Gasteiger partial charge in [0.2, 0.25) is 0 Å². The average molecular weight is 471 g/mol. The highest BCUT2D eigenvalue weighted by Crippen LogP contribution is 2.48. The number of hydrogen-bond acceptors (Lipinski definition) is 5. The van der Waals surface area contributed by atoms with Gasteiger partial charge in [0.1, 0.15) is 11.6 Å². The minimum atomic E-state index is -0.722. The smallest absolute Gasteiger partial charge is 0.337 e. The van der Waals surface area contributed by atoms with E-state index >= 15 is 0 Å². The van der Waals surface area contributed by atoms with Gasteiger partial charge in [-0.1, -0.05) is 12.8 Å². The van der Waals surface area contributed by atoms with Crippen LogP contribution in [0.3, 0.4) is 0 Å². The summed E-state index contributed by atoms with van der Waals surface area (Å²) >= 11 is 0. The molecule has 0 spiro atoms. The van der Waals surface area contributed by atoms with Crippen LogP contribution in [-0.2, 0) is 6.54 Å². The first-order valence-electron chi connectivity index (χ1n) is 11.9. The number of fused-ring (bicyclic) bond motifs is 3. The molecule has 3 aromatic rings. The van der Waals surface area contributed by atoms with Crippen molar-refractivity contribution in [1.82, 2.24) is 14.6 Å². The molecule has 3 heterocycles. The molecular weight excluding hydrogens is 442 g/mol. The zero-order chi connectivity index (χ0) is 23.7. The Hall–Kier alpha value is -3.20. The molecule has 1 fully saturated rings. The fraction of sp³-hybridized carbons (Fsp3) is 0.440. The number of nitrogens with one attached hydrogen (secondary N) is 1. The Morgan fingerprint density at radius 3 is 2.41 bits per heavy atom. The summed E-state index contributed by atoms with van der Waals surface area (Å²) in [6.45, 7) is 3.18. The Morgan fingerprint density at radius 2 is 1.68 bits per heavy atom. The second-order valence-corrected chi connectivity index (χ2v) is 9.14. The normalized spacial score (nSPS) is 19.9. The highest BCUT2D eigenvalue weighted by Gasteiger charge is 2.42. The van der Waals surface area contributed by atoms with E-state index in [-0.39, 0.29) is 23.6 Å². The molecule has 2 aromatic carbocycles. The first-order valence-corrected chi connectivity index (χ1v) is 11.9. The zero-order valence-corrected chi connectivity index (χ0v) is 18.9. The third-order valence-corrected chi connectivity index (χ3v) is 6.96. The van der Waals surface area contributed by atoms with Gasteiger partial charge in [-0.25, -0.2) is 23.4 Å². The van der Waals surface area contributed by atoms with E-state index in [1.807, 2.05) is 6.07 Å². The number of aromatic amines is 1. The Labute approximate surface area is 195 Å². The van der Waals surface area contributed by atoms with E-state index in [9.17, 15) is 18.4 Å². The molecule has 2 atom stereocenters. The Balaban J connectivity index is 1.18. The third-order valence-electron chi connectivity index (χ3n) is 6.96. The van der Waals surface area contributed by atoms with Gasteiger partial charge in [0.15, 0.2) is 0 Å². The summed E-state index contributed by atoms with van der Waals surface area (Å²) in [7, 11) is 0. The SMILES string of the molecule is O=c1[nH]c(=O)n(CCCCCCN2CC[C@@H]3[C@@H](C2)c2cc(F)ccc2N3c2ccc(F)cc2)o1. The predicted molar refractivity (Wildman–Crippen MR) is 125 cm³/mol. The summed E-state index contributed by atoms with van der Waals surface area (Å²) in [4.78, 5) is 29.3. The highest BCUT2D eigenvalue weighted by molar-refractivity contribution is 5.73. The first kappa shape index (κ1) is 22.6. The third kappa shape index (κ3) is 4.57. The molecular formula is C25H28F2N4O3. The summed E-state index contributed by atoms with van der Waals surface area (Å²) in [6, 6.07) is 11.8. The van der Waals surface area contributed by atoms with Crippen molar-refractivity contribution in [3.63, 3.8) is 0 Å². The topological polar surface area (TPSA) is 74.5 Å². The maximum atomic E-state index is 14.1. The number of hydrogen-bond donors (Lipinski definition) is 1. The molecule has 180 valence electrons. The lowest BCUT2D eigenvalue weighted by Crippen LogP contribution is -2.45. The molecule has 0 aliphatic carbocycles. The van der Waals surface area contributed by atoms with Gasteiger partial charge >= 0.3 is 11.4 Å². The molecule has 2 aliphatic heterocycles. The standard InChI is InChI=1S/C25H28F2N4O3/c26-17-5-8-19(9-6-17)31-22-10-7-18(27)15-20(22)21-16-29(14-11-23(21)31)12-3-1-2-4-13-30-24(32)28-25(33)34-30/h5-10,15,21,23H,1-4,11-14,16H2,(H,28,32,33)/t21-,23+/m0/s1. The van der Waals surface area contributed by atoms with Crippen LogP contribution >= 0.6 is 0 Å². The van der Waals surface area contributed by atoms with E-state index in [0.717, 1.165) is 73.4 Å². The molecule has 1 aromatic heterocycles. The van der Waals surface area contributed by atoms with Crippen LogP contribution in [0.15, 0.2) is 56.6 Å². The number of aryl methyl sites for hydroxylation is 1. The van der Waals surface area contributed by atoms with E-state index in [1.54, 1.807) is 18.2 Å². The lowest BCUT2D eigenvalue weighted by molar-refractivity contribution is 0.192. The van der Waals surface area contributed by atoms with Crippen molar-refractivity contribution in [2.75, 3.05) is 24.5 Å². The molecule has 5 rings (SSSR count). The quantitative estimate of drug-likeness (QED) is 0.504. The Kier molecular flexibility index (Phi) is 6.36. The molecule has 0 amide bonds. The van der Waals surface area contributed by atoms with Crippen molar-refractivity contribution >= 4 is 11.4 Å². The summed E-state index contributed by atoms with van der Waals surface area (Å²) in [5, 5.41) is 0. The number of H-pyrrole nitrogens is 1. The van der Waals surface area contributed by atoms with Crippen molar-refractivity contribution in [2.24, 2.45) is 0 Å². The van der Waals surface area contributed by atoms with Gasteiger partial charge in [-0.3, -0.25) is 0 Å². The Bertz CT molecular complexity index is 1250. The van der Waals surface area contributed by atoms with Crippen LogP contribution in [0.5, 0.6) is 0 Å². The number of halogens is 2. The fourth-order valence-corrected chi connectivity index (χ4v) is 5.38. The van der Waals surface area contributed by atoms with Crippen LogP contribution in [0.2, 0.25) is 0 Å². The summed E-state index contributed by atoms with van der Waals surface area (Å²) in [5.41, 5.74) is 2.47. The van der Waals surface area contributed by atoms with E-state index in [4.69, 9.17) is 4.52 Å². The predicted octanol–water partition coefficient (Wildman–Crippen LogP) is 3.98. The summed E-state index contributed by atoms with van der Waals surface area (Å²) < 4.78 is 33.5. The Morgan fingerprint density at radius 1 is 0.941 bits per heavy atom. The minimum Gasteiger partial charge on any atom is -0.337 e. The number of unbranched alkanes of at least 4 members (excludes halogenated alkanes) is 3. The van der Waals surface area contributed by atoms with Crippen molar-refractivity contribution in [2.45, 2.75) is 50.6 Å². The molecule has 34 heavy (non-hydrogen) atoms. The molecule has 0 radical (unpaired) electrons. The number of likely N-dealkylation sites (tertiary alicyclic amines) is 1. The van der Waals surface area contributed by atoms with Gasteiger partial charge in [-0.05, 0) is 73.8 Å². The maximum Gasteiger partial charge on any atom is 0.440 e. The lowest BCUT2D eigenvalue weighted by atomic mass is 9.88. The van der Waals surface area contributed by atoms with Crippen molar-refractivity contribution in [3.8, 4) is 0 Å². The van der Waals surface area contributed by atoms with Crippen LogP contribution in [0, 0.1) is 11.6 Å². The van der Waals surface area contributed by atoms with Crippen molar-refractivity contribution < 1.29 is 13.3 Å². The van der Waals surface area contributed by atoms with Crippen LogP contribution in [0.4, 0.5) is 20.2 Å². The van der Waals surface area contributed by atoms with E-state index in [0.29, 0.717) is 6.54 Å². The van der Waals surface area contributed by atoms with Crippen LogP contribution in [0.1, 0.15) is 43.6 Å².